The van der Waals surface area contributed by atoms with E-state index in [4.69, 9.17) is 0 Å². The molecule has 0 saturated heterocycles. The molecule has 0 bridgehead atoms. The second-order valence-electron chi connectivity index (χ2n) is 4.29. The zero-order valence-corrected chi connectivity index (χ0v) is 10.2. The van der Waals surface area contributed by atoms with Crippen LogP contribution < -0.4 is 0 Å². The van der Waals surface area contributed by atoms with Gasteiger partial charge in [-0.1, -0.05) is 6.07 Å². The number of aliphatic hydroxyl groups excluding tert-OH is 1. The van der Waals surface area contributed by atoms with Gasteiger partial charge in [0.2, 0.25) is 0 Å². The van der Waals surface area contributed by atoms with Gasteiger partial charge >= 0.3 is 0 Å². The summed E-state index contributed by atoms with van der Waals surface area (Å²) >= 11 is 0. The molecule has 2 aromatic rings. The van der Waals surface area contributed by atoms with Crippen molar-refractivity contribution in [1.82, 2.24) is 9.78 Å². The maximum atomic E-state index is 13.4. The lowest BCUT2D eigenvalue weighted by Crippen LogP contribution is -2.05. The van der Waals surface area contributed by atoms with E-state index in [1.54, 1.807) is 17.8 Å². The van der Waals surface area contributed by atoms with Crippen molar-refractivity contribution in [2.45, 2.75) is 19.4 Å². The number of aromatic nitrogens is 2. The first-order valence-corrected chi connectivity index (χ1v) is 5.60. The number of hydrogen-bond acceptors (Lipinski definition) is 2. The maximum Gasteiger partial charge on any atom is 0.129 e. The molecule has 0 spiro atoms. The molecule has 0 radical (unpaired) electrons. The number of nitrogens with zero attached hydrogens (tertiary/aromatic N) is 2. The Bertz CT molecular complexity index is 547. The Morgan fingerprint density at radius 2 is 2.06 bits per heavy atom. The van der Waals surface area contributed by atoms with Gasteiger partial charge in [0.05, 0.1) is 5.69 Å². The largest absolute Gasteiger partial charge is 0.386 e. The van der Waals surface area contributed by atoms with Crippen molar-refractivity contribution >= 4 is 0 Å². The lowest BCUT2D eigenvalue weighted by atomic mass is 10.0. The van der Waals surface area contributed by atoms with Crippen molar-refractivity contribution in [3.63, 3.8) is 0 Å². The van der Waals surface area contributed by atoms with Crippen LogP contribution in [-0.2, 0) is 13.5 Å². The van der Waals surface area contributed by atoms with E-state index in [0.717, 1.165) is 11.8 Å². The second-order valence-corrected chi connectivity index (χ2v) is 4.29. The number of halogens is 2. The normalized spacial score (nSPS) is 12.7. The minimum absolute atomic E-state index is 0.0720. The molecule has 1 atom stereocenters. The lowest BCUT2D eigenvalue weighted by Gasteiger charge is -2.08. The monoisotopic (exact) mass is 252 g/mol. The van der Waals surface area contributed by atoms with Crippen molar-refractivity contribution in [1.29, 1.82) is 0 Å². The fourth-order valence-corrected chi connectivity index (χ4v) is 1.75. The molecular weight excluding hydrogens is 238 g/mol. The van der Waals surface area contributed by atoms with Crippen LogP contribution in [0.4, 0.5) is 8.78 Å². The van der Waals surface area contributed by atoms with Crippen molar-refractivity contribution in [3.05, 3.63) is 52.9 Å². The van der Waals surface area contributed by atoms with Gasteiger partial charge in [0, 0.05) is 25.2 Å². The molecule has 0 aliphatic rings. The molecule has 5 heteroatoms. The average molecular weight is 252 g/mol. The van der Waals surface area contributed by atoms with Crippen LogP contribution in [0.15, 0.2) is 24.3 Å². The minimum Gasteiger partial charge on any atom is -0.386 e. The Hall–Kier alpha value is -1.75. The molecule has 0 fully saturated rings. The topological polar surface area (TPSA) is 38.1 Å². The molecule has 0 amide bonds. The van der Waals surface area contributed by atoms with Gasteiger partial charge in [-0.15, -0.1) is 0 Å². The van der Waals surface area contributed by atoms with Gasteiger partial charge in [0.25, 0.3) is 0 Å². The molecule has 96 valence electrons. The van der Waals surface area contributed by atoms with Crippen molar-refractivity contribution in [2.24, 2.45) is 7.05 Å². The lowest BCUT2D eigenvalue weighted by molar-refractivity contribution is 0.171. The number of aryl methyl sites for hydroxylation is 2. The van der Waals surface area contributed by atoms with Crippen LogP contribution in [0.1, 0.15) is 23.1 Å². The van der Waals surface area contributed by atoms with Crippen LogP contribution in [0, 0.1) is 18.6 Å². The fourth-order valence-electron chi connectivity index (χ4n) is 1.75. The summed E-state index contributed by atoms with van der Waals surface area (Å²) in [6.45, 7) is 1.86. The highest BCUT2D eigenvalue weighted by atomic mass is 19.1. The summed E-state index contributed by atoms with van der Waals surface area (Å²) < 4.78 is 27.8. The minimum atomic E-state index is -0.898. The Balaban J connectivity index is 2.18. The summed E-state index contributed by atoms with van der Waals surface area (Å²) in [5.74, 6) is -1.28. The van der Waals surface area contributed by atoms with Gasteiger partial charge in [-0.25, -0.2) is 8.78 Å². The van der Waals surface area contributed by atoms with E-state index in [0.29, 0.717) is 5.69 Å². The molecule has 1 aromatic heterocycles. The van der Waals surface area contributed by atoms with Crippen LogP contribution in [0.5, 0.6) is 0 Å². The van der Waals surface area contributed by atoms with E-state index in [9.17, 15) is 13.9 Å². The number of benzene rings is 1. The number of rotatable bonds is 3. The zero-order valence-electron chi connectivity index (χ0n) is 10.2. The highest BCUT2D eigenvalue weighted by molar-refractivity contribution is 5.21. The molecule has 1 N–H and O–H groups in total. The summed E-state index contributed by atoms with van der Waals surface area (Å²) in [7, 11) is 1.77. The number of hydrogen-bond donors (Lipinski definition) is 1. The molecule has 18 heavy (non-hydrogen) atoms. The highest BCUT2D eigenvalue weighted by Gasteiger charge is 2.15. The third-order valence-electron chi connectivity index (χ3n) is 2.90. The van der Waals surface area contributed by atoms with Crippen molar-refractivity contribution in [3.8, 4) is 0 Å². The fraction of sp³-hybridized carbons (Fsp3) is 0.308. The Morgan fingerprint density at radius 3 is 2.61 bits per heavy atom. The average Bonchev–Trinajstić information content (AvgIpc) is 2.63. The standard InChI is InChI=1S/C13H14F2N2O/c1-8-5-12(16-17(8)2)13(18)6-9-3-4-10(14)7-11(9)15/h3-5,7,13,18H,6H2,1-2H3. The van der Waals surface area contributed by atoms with E-state index >= 15 is 0 Å². The van der Waals surface area contributed by atoms with E-state index in [2.05, 4.69) is 5.10 Å². The van der Waals surface area contributed by atoms with Gasteiger partial charge in [0.1, 0.15) is 17.7 Å². The van der Waals surface area contributed by atoms with Crippen LogP contribution in [0.25, 0.3) is 0 Å². The van der Waals surface area contributed by atoms with Crippen LogP contribution >= 0.6 is 0 Å². The predicted molar refractivity (Wildman–Crippen MR) is 63.0 cm³/mol. The van der Waals surface area contributed by atoms with E-state index in [1.165, 1.54) is 12.1 Å². The smallest absolute Gasteiger partial charge is 0.129 e. The maximum absolute atomic E-state index is 13.4. The first kappa shape index (κ1) is 12.7. The van der Waals surface area contributed by atoms with Gasteiger partial charge < -0.3 is 5.11 Å². The van der Waals surface area contributed by atoms with Crippen molar-refractivity contribution in [2.75, 3.05) is 0 Å². The van der Waals surface area contributed by atoms with Crippen molar-refractivity contribution < 1.29 is 13.9 Å². The molecule has 3 nitrogen and oxygen atoms in total. The summed E-state index contributed by atoms with van der Waals surface area (Å²) in [5.41, 5.74) is 1.66. The third kappa shape index (κ3) is 2.56. The van der Waals surface area contributed by atoms with Crippen LogP contribution in [0.3, 0.4) is 0 Å². The van der Waals surface area contributed by atoms with E-state index in [1.807, 2.05) is 6.92 Å². The molecular formula is C13H14F2N2O. The quantitative estimate of drug-likeness (QED) is 0.910. The number of aliphatic hydroxyl groups is 1. The van der Waals surface area contributed by atoms with Gasteiger partial charge in [-0.2, -0.15) is 5.10 Å². The first-order chi connectivity index (χ1) is 8.47. The van der Waals surface area contributed by atoms with Crippen LogP contribution in [-0.4, -0.2) is 14.9 Å². The van der Waals surface area contributed by atoms with Gasteiger partial charge in [0.15, 0.2) is 0 Å². The summed E-state index contributed by atoms with van der Waals surface area (Å²) in [4.78, 5) is 0. The first-order valence-electron chi connectivity index (χ1n) is 5.60. The summed E-state index contributed by atoms with van der Waals surface area (Å²) in [6, 6.07) is 5.07. The molecule has 1 aromatic carbocycles. The molecule has 0 aliphatic carbocycles. The highest BCUT2D eigenvalue weighted by Crippen LogP contribution is 2.20. The Kier molecular flexibility index (Phi) is 3.43. The van der Waals surface area contributed by atoms with E-state index < -0.39 is 17.7 Å². The molecule has 1 heterocycles. The molecule has 0 aliphatic heterocycles. The molecule has 2 rings (SSSR count). The third-order valence-corrected chi connectivity index (χ3v) is 2.90. The zero-order chi connectivity index (χ0) is 13.3. The second kappa shape index (κ2) is 4.86. The molecule has 1 unspecified atom stereocenters. The van der Waals surface area contributed by atoms with Gasteiger partial charge in [-0.05, 0) is 24.6 Å². The Morgan fingerprint density at radius 1 is 1.33 bits per heavy atom. The van der Waals surface area contributed by atoms with Gasteiger partial charge in [-0.3, -0.25) is 4.68 Å². The summed E-state index contributed by atoms with van der Waals surface area (Å²) in [6.07, 6.45) is -0.826. The van der Waals surface area contributed by atoms with Crippen LogP contribution in [0.2, 0.25) is 0 Å². The van der Waals surface area contributed by atoms with E-state index in [-0.39, 0.29) is 12.0 Å². The molecule has 0 saturated carbocycles. The predicted octanol–water partition coefficient (Wildman–Crippen LogP) is 2.28. The SMILES string of the molecule is Cc1cc(C(O)Cc2ccc(F)cc2F)nn1C. The summed E-state index contributed by atoms with van der Waals surface area (Å²) in [5, 5.41) is 14.1. The Labute approximate surface area is 104 Å².